The summed E-state index contributed by atoms with van der Waals surface area (Å²) in [5.41, 5.74) is 4.80. The molecule has 23 heavy (non-hydrogen) atoms. The molecule has 2 heterocycles. The summed E-state index contributed by atoms with van der Waals surface area (Å²) in [5, 5.41) is 7.45. The molecule has 6 heteroatoms. The SMILES string of the molecule is CN=C(NCCc1c(C)noc1C)N1CCc2ccccc21.I. The Morgan fingerprint density at radius 2 is 2.13 bits per heavy atom. The highest BCUT2D eigenvalue weighted by Gasteiger charge is 2.22. The van der Waals surface area contributed by atoms with E-state index >= 15 is 0 Å². The number of nitrogens with one attached hydrogen (secondary N) is 1. The summed E-state index contributed by atoms with van der Waals surface area (Å²) in [5.74, 6) is 1.83. The second kappa shape index (κ2) is 7.81. The lowest BCUT2D eigenvalue weighted by atomic mass is 10.1. The largest absolute Gasteiger partial charge is 0.361 e. The van der Waals surface area contributed by atoms with E-state index in [0.29, 0.717) is 0 Å². The molecule has 2 aromatic rings. The van der Waals surface area contributed by atoms with Gasteiger partial charge in [-0.05, 0) is 38.3 Å². The molecule has 1 aliphatic heterocycles. The van der Waals surface area contributed by atoms with Gasteiger partial charge in [0.05, 0.1) is 5.69 Å². The van der Waals surface area contributed by atoms with E-state index < -0.39 is 0 Å². The fourth-order valence-corrected chi connectivity index (χ4v) is 3.01. The highest BCUT2D eigenvalue weighted by atomic mass is 127. The molecule has 3 rings (SSSR count). The van der Waals surface area contributed by atoms with Crippen molar-refractivity contribution in [3.8, 4) is 0 Å². The van der Waals surface area contributed by atoms with Crippen LogP contribution < -0.4 is 10.2 Å². The third-order valence-corrected chi connectivity index (χ3v) is 4.19. The number of rotatable bonds is 3. The number of aromatic nitrogens is 1. The van der Waals surface area contributed by atoms with Gasteiger partial charge < -0.3 is 14.7 Å². The van der Waals surface area contributed by atoms with E-state index in [-0.39, 0.29) is 24.0 Å². The van der Waals surface area contributed by atoms with Crippen molar-refractivity contribution in [2.45, 2.75) is 26.7 Å². The standard InChI is InChI=1S/C17H22N4O.HI/c1-12-15(13(2)22-20-12)8-10-19-17(18-3)21-11-9-14-6-4-5-7-16(14)21;/h4-7H,8-11H2,1-3H3,(H,18,19);1H. The van der Waals surface area contributed by atoms with Gasteiger partial charge in [0, 0.05) is 31.4 Å². The Bertz CT molecular complexity index is 676. The Morgan fingerprint density at radius 1 is 1.35 bits per heavy atom. The molecule has 0 amide bonds. The van der Waals surface area contributed by atoms with Crippen LogP contribution in [0, 0.1) is 13.8 Å². The second-order valence-corrected chi connectivity index (χ2v) is 5.56. The monoisotopic (exact) mass is 426 g/mol. The van der Waals surface area contributed by atoms with Crippen LogP contribution in [0.3, 0.4) is 0 Å². The summed E-state index contributed by atoms with van der Waals surface area (Å²) >= 11 is 0. The molecule has 0 saturated carbocycles. The van der Waals surface area contributed by atoms with Crippen molar-refractivity contribution in [1.29, 1.82) is 0 Å². The molecule has 0 radical (unpaired) electrons. The summed E-state index contributed by atoms with van der Waals surface area (Å²) in [6.45, 7) is 5.73. The number of hydrogen-bond donors (Lipinski definition) is 1. The molecule has 0 fully saturated rings. The maximum absolute atomic E-state index is 5.21. The van der Waals surface area contributed by atoms with Crippen molar-refractivity contribution in [3.63, 3.8) is 0 Å². The zero-order chi connectivity index (χ0) is 15.5. The number of aryl methyl sites for hydroxylation is 2. The number of anilines is 1. The van der Waals surface area contributed by atoms with Gasteiger partial charge in [-0.1, -0.05) is 23.4 Å². The molecule has 5 nitrogen and oxygen atoms in total. The number of para-hydroxylation sites is 1. The lowest BCUT2D eigenvalue weighted by Gasteiger charge is -2.22. The van der Waals surface area contributed by atoms with Crippen molar-refractivity contribution in [1.82, 2.24) is 10.5 Å². The van der Waals surface area contributed by atoms with Crippen LogP contribution in [-0.4, -0.2) is 31.3 Å². The van der Waals surface area contributed by atoms with Gasteiger partial charge >= 0.3 is 0 Å². The van der Waals surface area contributed by atoms with E-state index in [2.05, 4.69) is 44.6 Å². The lowest BCUT2D eigenvalue weighted by molar-refractivity contribution is 0.392. The van der Waals surface area contributed by atoms with Gasteiger partial charge in [0.1, 0.15) is 5.76 Å². The van der Waals surface area contributed by atoms with Gasteiger partial charge in [-0.15, -0.1) is 24.0 Å². The van der Waals surface area contributed by atoms with Gasteiger partial charge in [-0.25, -0.2) is 0 Å². The van der Waals surface area contributed by atoms with Gasteiger partial charge in [-0.3, -0.25) is 4.99 Å². The Kier molecular flexibility index (Phi) is 6.04. The summed E-state index contributed by atoms with van der Waals surface area (Å²) in [6.07, 6.45) is 1.95. The van der Waals surface area contributed by atoms with E-state index in [4.69, 9.17) is 4.52 Å². The minimum Gasteiger partial charge on any atom is -0.361 e. The van der Waals surface area contributed by atoms with Crippen LogP contribution in [0.4, 0.5) is 5.69 Å². The van der Waals surface area contributed by atoms with Crippen LogP contribution in [0.1, 0.15) is 22.6 Å². The number of benzene rings is 1. The van der Waals surface area contributed by atoms with Crippen molar-refractivity contribution in [2.75, 3.05) is 25.0 Å². The predicted molar refractivity (Wildman–Crippen MR) is 104 cm³/mol. The Balaban J connectivity index is 0.00000192. The molecule has 1 aromatic carbocycles. The first kappa shape index (κ1) is 17.8. The molecule has 0 atom stereocenters. The Morgan fingerprint density at radius 3 is 2.83 bits per heavy atom. The van der Waals surface area contributed by atoms with Crippen LogP contribution in [-0.2, 0) is 12.8 Å². The van der Waals surface area contributed by atoms with Crippen LogP contribution in [0.25, 0.3) is 0 Å². The number of fused-ring (bicyclic) bond motifs is 1. The molecule has 1 aromatic heterocycles. The molecule has 0 saturated heterocycles. The molecule has 0 spiro atoms. The third kappa shape index (κ3) is 3.68. The topological polar surface area (TPSA) is 53.7 Å². The predicted octanol–water partition coefficient (Wildman–Crippen LogP) is 3.09. The van der Waals surface area contributed by atoms with Crippen molar-refractivity contribution in [2.24, 2.45) is 4.99 Å². The number of guanidine groups is 1. The highest BCUT2D eigenvalue weighted by Crippen LogP contribution is 2.27. The molecule has 1 aliphatic rings. The fraction of sp³-hybridized carbons (Fsp3) is 0.412. The molecule has 1 N–H and O–H groups in total. The number of aliphatic imine (C=N–C) groups is 1. The zero-order valence-electron chi connectivity index (χ0n) is 13.8. The van der Waals surface area contributed by atoms with Crippen molar-refractivity contribution >= 4 is 35.6 Å². The molecule has 0 bridgehead atoms. The van der Waals surface area contributed by atoms with E-state index in [1.807, 2.05) is 20.9 Å². The minimum absolute atomic E-state index is 0. The normalized spacial score (nSPS) is 13.7. The smallest absolute Gasteiger partial charge is 0.198 e. The molecule has 124 valence electrons. The van der Waals surface area contributed by atoms with Crippen LogP contribution >= 0.6 is 24.0 Å². The molecular formula is C17H23IN4O. The highest BCUT2D eigenvalue weighted by molar-refractivity contribution is 14.0. The first-order valence-corrected chi connectivity index (χ1v) is 7.68. The molecular weight excluding hydrogens is 403 g/mol. The first-order chi connectivity index (χ1) is 10.7. The fourth-order valence-electron chi connectivity index (χ4n) is 3.01. The Labute approximate surface area is 154 Å². The van der Waals surface area contributed by atoms with Gasteiger partial charge in [0.2, 0.25) is 0 Å². The van der Waals surface area contributed by atoms with Crippen LogP contribution in [0.5, 0.6) is 0 Å². The van der Waals surface area contributed by atoms with E-state index in [9.17, 15) is 0 Å². The summed E-state index contributed by atoms with van der Waals surface area (Å²) in [7, 11) is 1.83. The quantitative estimate of drug-likeness (QED) is 0.466. The zero-order valence-corrected chi connectivity index (χ0v) is 16.1. The lowest BCUT2D eigenvalue weighted by Crippen LogP contribution is -2.41. The third-order valence-electron chi connectivity index (χ3n) is 4.19. The molecule has 0 aliphatic carbocycles. The average Bonchev–Trinajstić information content (AvgIpc) is 3.09. The van der Waals surface area contributed by atoms with Gasteiger partial charge in [0.25, 0.3) is 0 Å². The maximum Gasteiger partial charge on any atom is 0.198 e. The van der Waals surface area contributed by atoms with Gasteiger partial charge in [0.15, 0.2) is 5.96 Å². The maximum atomic E-state index is 5.21. The van der Waals surface area contributed by atoms with Crippen molar-refractivity contribution < 1.29 is 4.52 Å². The number of halogens is 1. The van der Waals surface area contributed by atoms with Crippen molar-refractivity contribution in [3.05, 3.63) is 46.8 Å². The second-order valence-electron chi connectivity index (χ2n) is 5.56. The summed E-state index contributed by atoms with van der Waals surface area (Å²) in [6, 6.07) is 8.51. The van der Waals surface area contributed by atoms with E-state index in [1.54, 1.807) is 0 Å². The summed E-state index contributed by atoms with van der Waals surface area (Å²) in [4.78, 5) is 6.68. The van der Waals surface area contributed by atoms with Gasteiger partial charge in [-0.2, -0.15) is 0 Å². The molecule has 0 unspecified atom stereocenters. The van der Waals surface area contributed by atoms with Crippen LogP contribution in [0.2, 0.25) is 0 Å². The summed E-state index contributed by atoms with van der Waals surface area (Å²) < 4.78 is 5.21. The minimum atomic E-state index is 0. The number of hydrogen-bond acceptors (Lipinski definition) is 3. The number of nitrogens with zero attached hydrogens (tertiary/aromatic N) is 3. The average molecular weight is 426 g/mol. The Hall–Kier alpha value is -1.57. The first-order valence-electron chi connectivity index (χ1n) is 7.68. The van der Waals surface area contributed by atoms with E-state index in [1.165, 1.54) is 16.8 Å². The van der Waals surface area contributed by atoms with Crippen LogP contribution in [0.15, 0.2) is 33.8 Å². The van der Waals surface area contributed by atoms with E-state index in [0.717, 1.165) is 43.3 Å².